The number of ether oxygens (including phenoxy) is 1. The predicted molar refractivity (Wildman–Crippen MR) is 93.6 cm³/mol. The van der Waals surface area contributed by atoms with Crippen LogP contribution in [0.25, 0.3) is 0 Å². The number of carbonyl (C=O) groups excluding carboxylic acids is 1. The first-order valence-corrected chi connectivity index (χ1v) is 8.75. The molecule has 124 valence electrons. The lowest BCUT2D eigenvalue weighted by Gasteiger charge is -2.09. The first-order chi connectivity index (χ1) is 10.8. The van der Waals surface area contributed by atoms with E-state index in [9.17, 15) is 4.79 Å². The number of hydrogen-bond acceptors (Lipinski definition) is 3. The van der Waals surface area contributed by atoms with Crippen molar-refractivity contribution in [3.63, 3.8) is 0 Å². The average molecular weight is 305 g/mol. The van der Waals surface area contributed by atoms with Crippen molar-refractivity contribution in [2.45, 2.75) is 71.1 Å². The fourth-order valence-electron chi connectivity index (χ4n) is 2.54. The number of carbonyl (C=O) groups is 1. The van der Waals surface area contributed by atoms with E-state index in [1.807, 2.05) is 0 Å². The molecule has 0 aliphatic heterocycles. The van der Waals surface area contributed by atoms with Crippen LogP contribution in [-0.4, -0.2) is 12.9 Å². The molecule has 3 nitrogen and oxygen atoms in total. The Morgan fingerprint density at radius 1 is 0.955 bits per heavy atom. The van der Waals surface area contributed by atoms with Crippen molar-refractivity contribution in [1.82, 2.24) is 0 Å². The summed E-state index contributed by atoms with van der Waals surface area (Å²) in [6, 6.07) is 5.15. The van der Waals surface area contributed by atoms with E-state index in [0.29, 0.717) is 23.6 Å². The Hall–Kier alpha value is -1.51. The van der Waals surface area contributed by atoms with E-state index in [1.165, 1.54) is 57.8 Å². The smallest absolute Gasteiger partial charge is 0.153 e. The Kier molecular flexibility index (Phi) is 10.2. The monoisotopic (exact) mass is 305 g/mol. The van der Waals surface area contributed by atoms with Gasteiger partial charge < -0.3 is 10.5 Å². The number of aldehydes is 1. The van der Waals surface area contributed by atoms with Crippen molar-refractivity contribution in [3.05, 3.63) is 23.8 Å². The summed E-state index contributed by atoms with van der Waals surface area (Å²) in [5, 5.41) is 0. The summed E-state index contributed by atoms with van der Waals surface area (Å²) in [5.41, 5.74) is 6.91. The van der Waals surface area contributed by atoms with Crippen LogP contribution in [0.2, 0.25) is 0 Å². The van der Waals surface area contributed by atoms with Crippen molar-refractivity contribution < 1.29 is 9.53 Å². The highest BCUT2D eigenvalue weighted by Gasteiger charge is 2.03. The zero-order valence-electron chi connectivity index (χ0n) is 14.0. The number of nitrogens with two attached hydrogens (primary N) is 1. The standard InChI is InChI=1S/C19H31NO2/c1-2-3-4-5-6-7-8-9-10-11-14-22-19-15-18(20)13-12-17(19)16-21/h12-13,15-16H,2-11,14,20H2,1H3. The second-order valence-corrected chi connectivity index (χ2v) is 5.95. The van der Waals surface area contributed by atoms with E-state index >= 15 is 0 Å². The molecule has 0 aromatic heterocycles. The lowest BCUT2D eigenvalue weighted by molar-refractivity contribution is 0.111. The molecule has 22 heavy (non-hydrogen) atoms. The van der Waals surface area contributed by atoms with E-state index in [4.69, 9.17) is 10.5 Å². The van der Waals surface area contributed by atoms with Crippen LogP contribution >= 0.6 is 0 Å². The van der Waals surface area contributed by atoms with Crippen LogP contribution in [-0.2, 0) is 0 Å². The van der Waals surface area contributed by atoms with Crippen LogP contribution in [0.1, 0.15) is 81.5 Å². The van der Waals surface area contributed by atoms with E-state index in [1.54, 1.807) is 18.2 Å². The maximum absolute atomic E-state index is 10.9. The van der Waals surface area contributed by atoms with E-state index in [0.717, 1.165) is 12.7 Å². The second-order valence-electron chi connectivity index (χ2n) is 5.95. The molecule has 0 aliphatic carbocycles. The Labute approximate surface area is 135 Å². The Balaban J connectivity index is 2.02. The lowest BCUT2D eigenvalue weighted by atomic mass is 10.1. The lowest BCUT2D eigenvalue weighted by Crippen LogP contribution is -2.01. The Bertz CT molecular complexity index is 418. The zero-order chi connectivity index (χ0) is 16.0. The minimum absolute atomic E-state index is 0.571. The molecule has 0 spiro atoms. The summed E-state index contributed by atoms with van der Waals surface area (Å²) in [4.78, 5) is 10.9. The average Bonchev–Trinajstić information content (AvgIpc) is 2.53. The number of rotatable bonds is 13. The predicted octanol–water partition coefficient (Wildman–Crippen LogP) is 5.38. The molecule has 0 bridgehead atoms. The van der Waals surface area contributed by atoms with Crippen LogP contribution in [0.5, 0.6) is 5.75 Å². The maximum Gasteiger partial charge on any atom is 0.153 e. The van der Waals surface area contributed by atoms with Gasteiger partial charge in [0, 0.05) is 11.8 Å². The summed E-state index contributed by atoms with van der Waals surface area (Å²) < 4.78 is 5.67. The Morgan fingerprint density at radius 2 is 1.55 bits per heavy atom. The second kappa shape index (κ2) is 12.1. The van der Waals surface area contributed by atoms with Crippen LogP contribution in [0.4, 0.5) is 5.69 Å². The summed E-state index contributed by atoms with van der Waals surface area (Å²) in [7, 11) is 0. The van der Waals surface area contributed by atoms with Gasteiger partial charge in [0.25, 0.3) is 0 Å². The number of anilines is 1. The van der Waals surface area contributed by atoms with Crippen molar-refractivity contribution in [2.24, 2.45) is 0 Å². The number of benzene rings is 1. The molecule has 3 heteroatoms. The number of nitrogen functional groups attached to an aromatic ring is 1. The molecule has 0 saturated heterocycles. The molecule has 1 aromatic rings. The van der Waals surface area contributed by atoms with Gasteiger partial charge in [-0.25, -0.2) is 0 Å². The zero-order valence-corrected chi connectivity index (χ0v) is 14.0. The van der Waals surface area contributed by atoms with E-state index in [2.05, 4.69) is 6.92 Å². The van der Waals surface area contributed by atoms with Gasteiger partial charge in [0.15, 0.2) is 6.29 Å². The molecule has 0 fully saturated rings. The topological polar surface area (TPSA) is 52.3 Å². The third kappa shape index (κ3) is 8.06. The highest BCUT2D eigenvalue weighted by atomic mass is 16.5. The third-order valence-electron chi connectivity index (χ3n) is 3.92. The van der Waals surface area contributed by atoms with Gasteiger partial charge in [-0.05, 0) is 18.6 Å². The fraction of sp³-hybridized carbons (Fsp3) is 0.632. The highest BCUT2D eigenvalue weighted by Crippen LogP contribution is 2.20. The molecule has 0 heterocycles. The third-order valence-corrected chi connectivity index (χ3v) is 3.92. The summed E-state index contributed by atoms with van der Waals surface area (Å²) >= 11 is 0. The SMILES string of the molecule is CCCCCCCCCCCCOc1cc(N)ccc1C=O. The van der Waals surface area contributed by atoms with Crippen LogP contribution in [0.3, 0.4) is 0 Å². The number of unbranched alkanes of at least 4 members (excludes halogenated alkanes) is 9. The number of hydrogen-bond donors (Lipinski definition) is 1. The molecule has 1 aromatic carbocycles. The largest absolute Gasteiger partial charge is 0.493 e. The normalized spacial score (nSPS) is 10.6. The molecule has 0 unspecified atom stereocenters. The van der Waals surface area contributed by atoms with Crippen LogP contribution < -0.4 is 10.5 Å². The van der Waals surface area contributed by atoms with Crippen LogP contribution in [0.15, 0.2) is 18.2 Å². The minimum Gasteiger partial charge on any atom is -0.493 e. The Morgan fingerprint density at radius 3 is 2.14 bits per heavy atom. The van der Waals surface area contributed by atoms with Crippen molar-refractivity contribution >= 4 is 12.0 Å². The molecule has 0 radical (unpaired) electrons. The summed E-state index contributed by atoms with van der Waals surface area (Å²) in [6.07, 6.45) is 13.8. The molecular formula is C19H31NO2. The fourth-order valence-corrected chi connectivity index (χ4v) is 2.54. The van der Waals surface area contributed by atoms with Gasteiger partial charge in [0.1, 0.15) is 5.75 Å². The van der Waals surface area contributed by atoms with Crippen molar-refractivity contribution in [1.29, 1.82) is 0 Å². The van der Waals surface area contributed by atoms with Crippen molar-refractivity contribution in [3.8, 4) is 5.75 Å². The molecule has 2 N–H and O–H groups in total. The van der Waals surface area contributed by atoms with E-state index < -0.39 is 0 Å². The first kappa shape index (κ1) is 18.5. The molecule has 0 amide bonds. The highest BCUT2D eigenvalue weighted by molar-refractivity contribution is 5.80. The van der Waals surface area contributed by atoms with Gasteiger partial charge in [0.05, 0.1) is 12.2 Å². The summed E-state index contributed by atoms with van der Waals surface area (Å²) in [6.45, 7) is 2.91. The van der Waals surface area contributed by atoms with Crippen molar-refractivity contribution in [2.75, 3.05) is 12.3 Å². The molecule has 1 rings (SSSR count). The molecule has 0 atom stereocenters. The van der Waals surface area contributed by atoms with E-state index in [-0.39, 0.29) is 0 Å². The quantitative estimate of drug-likeness (QED) is 0.302. The maximum atomic E-state index is 10.9. The first-order valence-electron chi connectivity index (χ1n) is 8.75. The van der Waals surface area contributed by atoms with Gasteiger partial charge in [-0.1, -0.05) is 64.7 Å². The minimum atomic E-state index is 0.571. The molecule has 0 saturated carbocycles. The van der Waals surface area contributed by atoms with Crippen LogP contribution in [0, 0.1) is 0 Å². The molecule has 0 aliphatic rings. The van der Waals surface area contributed by atoms with Gasteiger partial charge in [-0.15, -0.1) is 0 Å². The van der Waals surface area contributed by atoms with Gasteiger partial charge >= 0.3 is 0 Å². The van der Waals surface area contributed by atoms with Gasteiger partial charge in [0.2, 0.25) is 0 Å². The van der Waals surface area contributed by atoms with Gasteiger partial charge in [-0.3, -0.25) is 4.79 Å². The molecular weight excluding hydrogens is 274 g/mol. The summed E-state index contributed by atoms with van der Waals surface area (Å²) in [5.74, 6) is 0.603. The van der Waals surface area contributed by atoms with Gasteiger partial charge in [-0.2, -0.15) is 0 Å².